The van der Waals surface area contributed by atoms with Crippen molar-refractivity contribution in [3.05, 3.63) is 54.4 Å². The average Bonchev–Trinajstić information content (AvgIpc) is 3.03. The fourth-order valence-electron chi connectivity index (χ4n) is 2.17. The summed E-state index contributed by atoms with van der Waals surface area (Å²) in [6, 6.07) is 10.6. The smallest absolute Gasteiger partial charge is 0.340 e. The Bertz CT molecular complexity index is 994. The third-order valence-electron chi connectivity index (χ3n) is 3.28. The van der Waals surface area contributed by atoms with Crippen molar-refractivity contribution in [2.45, 2.75) is 11.8 Å². The molecule has 0 aliphatic carbocycles. The summed E-state index contributed by atoms with van der Waals surface area (Å²) in [6.45, 7) is 1.87. The van der Waals surface area contributed by atoms with Gasteiger partial charge in [-0.1, -0.05) is 12.1 Å². The highest BCUT2D eigenvalue weighted by Crippen LogP contribution is 2.23. The minimum Gasteiger partial charge on any atom is -0.462 e. The van der Waals surface area contributed by atoms with Crippen molar-refractivity contribution >= 4 is 32.8 Å². The minimum atomic E-state index is -3.90. The van der Waals surface area contributed by atoms with Gasteiger partial charge in [-0.25, -0.2) is 18.2 Å². The maximum atomic E-state index is 12.6. The topological polar surface area (TPSA) is 98.5 Å². The third kappa shape index (κ3) is 3.09. The van der Waals surface area contributed by atoms with Gasteiger partial charge in [0.05, 0.1) is 22.8 Å². The number of hydrogen-bond acceptors (Lipinski definition) is 6. The van der Waals surface area contributed by atoms with Gasteiger partial charge in [0, 0.05) is 6.07 Å². The summed E-state index contributed by atoms with van der Waals surface area (Å²) >= 11 is 0. The first-order valence-electron chi connectivity index (χ1n) is 7.13. The molecule has 1 heterocycles. The van der Waals surface area contributed by atoms with E-state index in [1.807, 2.05) is 0 Å². The molecule has 7 nitrogen and oxygen atoms in total. The molecular weight excluding hydrogens is 332 g/mol. The molecule has 0 atom stereocenters. The van der Waals surface area contributed by atoms with Crippen LogP contribution >= 0.6 is 0 Å². The highest BCUT2D eigenvalue weighted by Gasteiger charge is 2.20. The van der Waals surface area contributed by atoms with Crippen molar-refractivity contribution in [2.24, 2.45) is 0 Å². The minimum absolute atomic E-state index is 0.00501. The van der Waals surface area contributed by atoms with Crippen molar-refractivity contribution < 1.29 is 22.4 Å². The molecule has 0 unspecified atom stereocenters. The number of carbonyl (C=O) groups excluding carboxylic acids is 1. The molecule has 0 saturated heterocycles. The Morgan fingerprint density at radius 3 is 2.83 bits per heavy atom. The van der Waals surface area contributed by atoms with Crippen LogP contribution in [0.15, 0.2) is 58.2 Å². The van der Waals surface area contributed by atoms with E-state index in [-0.39, 0.29) is 22.8 Å². The monoisotopic (exact) mass is 346 g/mol. The number of fused-ring (bicyclic) bond motifs is 1. The van der Waals surface area contributed by atoms with Crippen LogP contribution in [0.1, 0.15) is 17.3 Å². The van der Waals surface area contributed by atoms with Gasteiger partial charge in [0.1, 0.15) is 5.52 Å². The highest BCUT2D eigenvalue weighted by atomic mass is 32.2. The van der Waals surface area contributed by atoms with E-state index in [4.69, 9.17) is 9.15 Å². The maximum absolute atomic E-state index is 12.6. The lowest BCUT2D eigenvalue weighted by Gasteiger charge is -2.11. The predicted molar refractivity (Wildman–Crippen MR) is 87.2 cm³/mol. The van der Waals surface area contributed by atoms with E-state index in [9.17, 15) is 13.2 Å². The molecule has 124 valence electrons. The van der Waals surface area contributed by atoms with Gasteiger partial charge >= 0.3 is 5.97 Å². The molecule has 2 aromatic carbocycles. The maximum Gasteiger partial charge on any atom is 0.340 e. The molecule has 0 amide bonds. The van der Waals surface area contributed by atoms with Crippen LogP contribution in [0.2, 0.25) is 0 Å². The zero-order valence-electron chi connectivity index (χ0n) is 12.7. The Labute approximate surface area is 138 Å². The first-order chi connectivity index (χ1) is 11.5. The van der Waals surface area contributed by atoms with E-state index in [0.717, 1.165) is 0 Å². The van der Waals surface area contributed by atoms with Gasteiger partial charge in [-0.15, -0.1) is 0 Å². The van der Waals surface area contributed by atoms with Crippen LogP contribution in [0, 0.1) is 0 Å². The van der Waals surface area contributed by atoms with Gasteiger partial charge in [-0.05, 0) is 31.2 Å². The Morgan fingerprint density at radius 2 is 2.04 bits per heavy atom. The summed E-state index contributed by atoms with van der Waals surface area (Å²) in [5.74, 6) is -0.596. The number of hydrogen-bond donors (Lipinski definition) is 1. The molecular formula is C16H14N2O5S. The number of nitrogens with zero attached hydrogens (tertiary/aromatic N) is 1. The number of rotatable bonds is 5. The van der Waals surface area contributed by atoms with Gasteiger partial charge in [-0.2, -0.15) is 0 Å². The molecule has 0 aliphatic rings. The second-order valence-corrected chi connectivity index (χ2v) is 6.54. The lowest BCUT2D eigenvalue weighted by molar-refractivity contribution is 0.0527. The molecule has 0 saturated carbocycles. The average molecular weight is 346 g/mol. The summed E-state index contributed by atoms with van der Waals surface area (Å²) in [6.07, 6.45) is 1.24. The van der Waals surface area contributed by atoms with Gasteiger partial charge in [0.15, 0.2) is 12.0 Å². The van der Waals surface area contributed by atoms with Crippen LogP contribution in [0.5, 0.6) is 0 Å². The van der Waals surface area contributed by atoms with Crippen molar-refractivity contribution in [3.63, 3.8) is 0 Å². The number of carbonyl (C=O) groups is 1. The summed E-state index contributed by atoms with van der Waals surface area (Å²) in [4.78, 5) is 15.9. The summed E-state index contributed by atoms with van der Waals surface area (Å²) in [5.41, 5.74) is 1.20. The summed E-state index contributed by atoms with van der Waals surface area (Å²) < 4.78 is 37.6. The first kappa shape index (κ1) is 16.0. The predicted octanol–water partition coefficient (Wildman–Crippen LogP) is 2.81. The summed E-state index contributed by atoms with van der Waals surface area (Å²) in [7, 11) is -3.90. The first-order valence-corrected chi connectivity index (χ1v) is 8.62. The Hall–Kier alpha value is -2.87. The number of benzene rings is 2. The molecule has 0 aliphatic heterocycles. The van der Waals surface area contributed by atoms with Gasteiger partial charge in [-0.3, -0.25) is 4.72 Å². The molecule has 0 spiro atoms. The number of anilines is 1. The van der Waals surface area contributed by atoms with Crippen LogP contribution in [0.25, 0.3) is 11.1 Å². The van der Waals surface area contributed by atoms with Crippen molar-refractivity contribution in [1.82, 2.24) is 4.98 Å². The number of sulfonamides is 1. The molecule has 0 fully saturated rings. The van der Waals surface area contributed by atoms with E-state index in [1.165, 1.54) is 30.7 Å². The second-order valence-electron chi connectivity index (χ2n) is 4.85. The number of aromatic nitrogens is 1. The number of ether oxygens (including phenoxy) is 1. The van der Waals surface area contributed by atoms with Crippen molar-refractivity contribution in [2.75, 3.05) is 11.3 Å². The van der Waals surface area contributed by atoms with E-state index in [1.54, 1.807) is 25.1 Å². The standard InChI is InChI=1S/C16H14N2O5S/c1-2-22-16(19)12-5-3-4-6-13(12)18-24(20,21)11-7-8-14-15(9-11)23-10-17-14/h3-10,18H,2H2,1H3. The van der Waals surface area contributed by atoms with Crippen LogP contribution in [0.3, 0.4) is 0 Å². The summed E-state index contributed by atoms with van der Waals surface area (Å²) in [5, 5.41) is 0. The molecule has 3 rings (SSSR count). The molecule has 3 aromatic rings. The zero-order chi connectivity index (χ0) is 17.2. The number of para-hydroxylation sites is 1. The van der Waals surface area contributed by atoms with Gasteiger partial charge in [0.2, 0.25) is 0 Å². The van der Waals surface area contributed by atoms with E-state index in [0.29, 0.717) is 11.1 Å². The van der Waals surface area contributed by atoms with Crippen LogP contribution in [-0.2, 0) is 14.8 Å². The van der Waals surface area contributed by atoms with E-state index in [2.05, 4.69) is 9.71 Å². The second kappa shape index (κ2) is 6.32. The number of nitrogens with one attached hydrogen (secondary N) is 1. The fourth-order valence-corrected chi connectivity index (χ4v) is 3.26. The van der Waals surface area contributed by atoms with Crippen molar-refractivity contribution in [3.8, 4) is 0 Å². The molecule has 1 N–H and O–H groups in total. The third-order valence-corrected chi connectivity index (χ3v) is 4.64. The highest BCUT2D eigenvalue weighted by molar-refractivity contribution is 7.92. The SMILES string of the molecule is CCOC(=O)c1ccccc1NS(=O)(=O)c1ccc2ncoc2c1. The van der Waals surface area contributed by atoms with E-state index >= 15 is 0 Å². The van der Waals surface area contributed by atoms with Crippen LogP contribution in [0.4, 0.5) is 5.69 Å². The number of esters is 1. The van der Waals surface area contributed by atoms with Gasteiger partial charge in [0.25, 0.3) is 10.0 Å². The largest absolute Gasteiger partial charge is 0.462 e. The quantitative estimate of drug-likeness (QED) is 0.713. The molecule has 0 bridgehead atoms. The van der Waals surface area contributed by atoms with Crippen LogP contribution in [-0.4, -0.2) is 26.0 Å². The van der Waals surface area contributed by atoms with Gasteiger partial charge < -0.3 is 9.15 Å². The zero-order valence-corrected chi connectivity index (χ0v) is 13.5. The van der Waals surface area contributed by atoms with E-state index < -0.39 is 16.0 Å². The molecule has 1 aromatic heterocycles. The lowest BCUT2D eigenvalue weighted by Crippen LogP contribution is -2.16. The normalized spacial score (nSPS) is 11.4. The Balaban J connectivity index is 1.96. The number of oxazole rings is 1. The lowest BCUT2D eigenvalue weighted by atomic mass is 10.2. The van der Waals surface area contributed by atoms with Crippen molar-refractivity contribution in [1.29, 1.82) is 0 Å². The molecule has 0 radical (unpaired) electrons. The molecule has 24 heavy (non-hydrogen) atoms. The fraction of sp³-hybridized carbons (Fsp3) is 0.125. The van der Waals surface area contributed by atoms with Crippen LogP contribution < -0.4 is 4.72 Å². The Morgan fingerprint density at radius 1 is 1.25 bits per heavy atom. The molecule has 8 heteroatoms. The Kier molecular flexibility index (Phi) is 4.22.